The zero-order chi connectivity index (χ0) is 21.6. The minimum absolute atomic E-state index is 0.0906. The molecule has 3 heterocycles. The number of furan rings is 2. The first-order chi connectivity index (χ1) is 15.2. The molecule has 0 aliphatic carbocycles. The molecule has 0 saturated carbocycles. The molecule has 1 atom stereocenters. The predicted octanol–water partition coefficient (Wildman–Crippen LogP) is 5.84. The molecule has 0 spiro atoms. The van der Waals surface area contributed by atoms with Crippen LogP contribution in [0, 0.1) is 0 Å². The van der Waals surface area contributed by atoms with Crippen molar-refractivity contribution in [2.45, 2.75) is 30.7 Å². The van der Waals surface area contributed by atoms with Crippen LogP contribution < -0.4 is 10.1 Å². The number of hydrogen-bond donors (Lipinski definition) is 2. The first kappa shape index (κ1) is 20.9. The molecule has 160 valence electrons. The van der Waals surface area contributed by atoms with Gasteiger partial charge in [0.2, 0.25) is 5.91 Å². The Morgan fingerprint density at radius 1 is 1.10 bits per heavy atom. The van der Waals surface area contributed by atoms with Crippen LogP contribution in [0.2, 0.25) is 0 Å². The summed E-state index contributed by atoms with van der Waals surface area (Å²) >= 11 is 1.37. The standard InChI is InChI=1S/C23H23N3O4S/c1-3-19(22(27)24-15-9-11-16(12-10-15)28-4-2)31-23-25-20(17-7-5-13-29-17)21(26-23)18-8-6-14-30-18/h5-14,19H,3-4H2,1-2H3,(H,24,27)(H,25,26). The van der Waals surface area contributed by atoms with E-state index < -0.39 is 0 Å². The van der Waals surface area contributed by atoms with E-state index >= 15 is 0 Å². The third-order valence-electron chi connectivity index (χ3n) is 4.55. The Hall–Kier alpha value is -3.39. The molecule has 4 aromatic rings. The fourth-order valence-electron chi connectivity index (χ4n) is 3.08. The zero-order valence-electron chi connectivity index (χ0n) is 17.3. The van der Waals surface area contributed by atoms with Crippen molar-refractivity contribution < 1.29 is 18.4 Å². The molecule has 3 aromatic heterocycles. The van der Waals surface area contributed by atoms with Gasteiger partial charge in [-0.25, -0.2) is 4.98 Å². The van der Waals surface area contributed by atoms with E-state index in [0.29, 0.717) is 41.1 Å². The van der Waals surface area contributed by atoms with Gasteiger partial charge >= 0.3 is 0 Å². The number of benzene rings is 1. The second-order valence-corrected chi connectivity index (χ2v) is 7.87. The smallest absolute Gasteiger partial charge is 0.237 e. The van der Waals surface area contributed by atoms with Crippen LogP contribution in [0.25, 0.3) is 22.9 Å². The number of anilines is 1. The molecule has 2 N–H and O–H groups in total. The monoisotopic (exact) mass is 437 g/mol. The van der Waals surface area contributed by atoms with Crippen molar-refractivity contribution in [3.63, 3.8) is 0 Å². The average Bonchev–Trinajstić information content (AvgIpc) is 3.54. The number of amides is 1. The highest BCUT2D eigenvalue weighted by Crippen LogP contribution is 2.35. The third-order valence-corrected chi connectivity index (χ3v) is 5.80. The van der Waals surface area contributed by atoms with Crippen molar-refractivity contribution in [2.75, 3.05) is 11.9 Å². The molecule has 0 bridgehead atoms. The normalized spacial score (nSPS) is 11.9. The maximum absolute atomic E-state index is 12.9. The zero-order valence-corrected chi connectivity index (χ0v) is 18.1. The molecule has 1 aromatic carbocycles. The minimum atomic E-state index is -0.327. The summed E-state index contributed by atoms with van der Waals surface area (Å²) in [5.74, 6) is 1.96. The van der Waals surface area contributed by atoms with Crippen LogP contribution >= 0.6 is 11.8 Å². The number of aromatic amines is 1. The number of imidazole rings is 1. The van der Waals surface area contributed by atoms with Gasteiger partial charge in [0.1, 0.15) is 17.1 Å². The van der Waals surface area contributed by atoms with E-state index in [1.165, 1.54) is 11.8 Å². The van der Waals surface area contributed by atoms with Crippen molar-refractivity contribution in [3.05, 3.63) is 61.1 Å². The second kappa shape index (κ2) is 9.61. The largest absolute Gasteiger partial charge is 0.494 e. The van der Waals surface area contributed by atoms with Gasteiger partial charge in [-0.05, 0) is 61.9 Å². The van der Waals surface area contributed by atoms with Crippen LogP contribution in [0.3, 0.4) is 0 Å². The van der Waals surface area contributed by atoms with Gasteiger partial charge in [-0.3, -0.25) is 4.79 Å². The summed E-state index contributed by atoms with van der Waals surface area (Å²) in [6, 6.07) is 14.7. The summed E-state index contributed by atoms with van der Waals surface area (Å²) in [4.78, 5) is 20.8. The van der Waals surface area contributed by atoms with Crippen molar-refractivity contribution in [3.8, 4) is 28.7 Å². The summed E-state index contributed by atoms with van der Waals surface area (Å²) in [6.45, 7) is 4.50. The van der Waals surface area contributed by atoms with E-state index in [4.69, 9.17) is 13.6 Å². The lowest BCUT2D eigenvalue weighted by Crippen LogP contribution is -2.24. The summed E-state index contributed by atoms with van der Waals surface area (Å²) in [7, 11) is 0. The van der Waals surface area contributed by atoms with Gasteiger partial charge < -0.3 is 23.9 Å². The minimum Gasteiger partial charge on any atom is -0.494 e. The van der Waals surface area contributed by atoms with E-state index in [-0.39, 0.29) is 11.2 Å². The van der Waals surface area contributed by atoms with Crippen molar-refractivity contribution in [1.29, 1.82) is 0 Å². The molecule has 31 heavy (non-hydrogen) atoms. The maximum atomic E-state index is 12.9. The van der Waals surface area contributed by atoms with E-state index in [1.54, 1.807) is 12.5 Å². The lowest BCUT2D eigenvalue weighted by molar-refractivity contribution is -0.115. The summed E-state index contributed by atoms with van der Waals surface area (Å²) < 4.78 is 16.5. The van der Waals surface area contributed by atoms with Gasteiger partial charge in [0.25, 0.3) is 0 Å². The number of H-pyrrole nitrogens is 1. The highest BCUT2D eigenvalue weighted by atomic mass is 32.2. The van der Waals surface area contributed by atoms with E-state index in [1.807, 2.05) is 62.4 Å². The Bertz CT molecular complexity index is 1050. The molecule has 8 heteroatoms. The number of aromatic nitrogens is 2. The van der Waals surface area contributed by atoms with Crippen LogP contribution in [0.4, 0.5) is 5.69 Å². The predicted molar refractivity (Wildman–Crippen MR) is 120 cm³/mol. The Balaban J connectivity index is 1.51. The van der Waals surface area contributed by atoms with Crippen molar-refractivity contribution in [1.82, 2.24) is 9.97 Å². The number of hydrogen-bond acceptors (Lipinski definition) is 6. The van der Waals surface area contributed by atoms with E-state index in [9.17, 15) is 4.79 Å². The van der Waals surface area contributed by atoms with Crippen LogP contribution in [0.15, 0.2) is 75.0 Å². The first-order valence-corrected chi connectivity index (χ1v) is 10.9. The molecule has 7 nitrogen and oxygen atoms in total. The average molecular weight is 438 g/mol. The quantitative estimate of drug-likeness (QED) is 0.320. The summed E-state index contributed by atoms with van der Waals surface area (Å²) in [5, 5.41) is 3.25. The lowest BCUT2D eigenvalue weighted by Gasteiger charge is -2.13. The van der Waals surface area contributed by atoms with Gasteiger partial charge in [-0.15, -0.1) is 0 Å². The Morgan fingerprint density at radius 2 is 1.81 bits per heavy atom. The topological polar surface area (TPSA) is 93.3 Å². The van der Waals surface area contributed by atoms with Crippen LogP contribution in [0.1, 0.15) is 20.3 Å². The number of nitrogens with zero attached hydrogens (tertiary/aromatic N) is 1. The molecular weight excluding hydrogens is 414 g/mol. The van der Waals surface area contributed by atoms with Crippen LogP contribution in [0.5, 0.6) is 5.75 Å². The number of carbonyl (C=O) groups is 1. The fraction of sp³-hybridized carbons (Fsp3) is 0.217. The number of thioether (sulfide) groups is 1. The molecule has 0 fully saturated rings. The Morgan fingerprint density at radius 3 is 2.42 bits per heavy atom. The number of carbonyl (C=O) groups excluding carboxylic acids is 1. The van der Waals surface area contributed by atoms with Crippen molar-refractivity contribution in [2.24, 2.45) is 0 Å². The molecule has 1 amide bonds. The molecule has 0 aliphatic rings. The molecule has 0 saturated heterocycles. The fourth-order valence-corrected chi connectivity index (χ4v) is 3.99. The molecular formula is C23H23N3O4S. The first-order valence-electron chi connectivity index (χ1n) is 10.1. The second-order valence-electron chi connectivity index (χ2n) is 6.68. The van der Waals surface area contributed by atoms with Gasteiger partial charge in [-0.2, -0.15) is 0 Å². The maximum Gasteiger partial charge on any atom is 0.237 e. The van der Waals surface area contributed by atoms with Gasteiger partial charge in [0, 0.05) is 5.69 Å². The van der Waals surface area contributed by atoms with E-state index in [2.05, 4.69) is 15.3 Å². The Labute approximate surface area is 184 Å². The molecule has 1 unspecified atom stereocenters. The van der Waals surface area contributed by atoms with Crippen LogP contribution in [-0.4, -0.2) is 27.7 Å². The van der Waals surface area contributed by atoms with Crippen molar-refractivity contribution >= 4 is 23.4 Å². The number of nitrogens with one attached hydrogen (secondary N) is 2. The molecule has 4 rings (SSSR count). The molecule has 0 radical (unpaired) electrons. The highest BCUT2D eigenvalue weighted by molar-refractivity contribution is 8.00. The highest BCUT2D eigenvalue weighted by Gasteiger charge is 2.23. The number of rotatable bonds is 9. The summed E-state index contributed by atoms with van der Waals surface area (Å²) in [6.07, 6.45) is 3.84. The third kappa shape index (κ3) is 4.86. The number of ether oxygens (including phenoxy) is 1. The van der Waals surface area contributed by atoms with Gasteiger partial charge in [-0.1, -0.05) is 18.7 Å². The molecule has 0 aliphatic heterocycles. The van der Waals surface area contributed by atoms with E-state index in [0.717, 1.165) is 11.4 Å². The summed E-state index contributed by atoms with van der Waals surface area (Å²) in [5.41, 5.74) is 2.08. The Kier molecular flexibility index (Phi) is 6.47. The van der Waals surface area contributed by atoms with Crippen LogP contribution in [-0.2, 0) is 4.79 Å². The lowest BCUT2D eigenvalue weighted by atomic mass is 10.2. The van der Waals surface area contributed by atoms with Gasteiger partial charge in [0.15, 0.2) is 16.7 Å². The van der Waals surface area contributed by atoms with Gasteiger partial charge in [0.05, 0.1) is 24.4 Å². The SMILES string of the molecule is CCOc1ccc(NC(=O)C(CC)Sc2nc(-c3ccco3)c(-c3ccco3)[nH]2)cc1.